The van der Waals surface area contributed by atoms with E-state index in [1.54, 1.807) is 11.3 Å². The highest BCUT2D eigenvalue weighted by molar-refractivity contribution is 7.09. The maximum Gasteiger partial charge on any atom is 0.140 e. The number of nitrogens with zero attached hydrogens (tertiary/aromatic N) is 1. The lowest BCUT2D eigenvalue weighted by Crippen LogP contribution is -2.11. The first-order valence-electron chi connectivity index (χ1n) is 7.34. The van der Waals surface area contributed by atoms with Crippen LogP contribution in [0.2, 0.25) is 0 Å². The van der Waals surface area contributed by atoms with Crippen molar-refractivity contribution < 1.29 is 4.74 Å². The van der Waals surface area contributed by atoms with E-state index in [9.17, 15) is 0 Å². The largest absolute Gasteiger partial charge is 0.486 e. The molecule has 0 saturated heterocycles. The normalized spacial score (nSPS) is 12.5. The Labute approximate surface area is 132 Å². The second-order valence-electron chi connectivity index (χ2n) is 7.44. The van der Waals surface area contributed by atoms with E-state index in [0.29, 0.717) is 6.61 Å². The van der Waals surface area contributed by atoms with Gasteiger partial charge >= 0.3 is 0 Å². The lowest BCUT2D eigenvalue weighted by molar-refractivity contribution is 0.304. The quantitative estimate of drug-likeness (QED) is 0.766. The molecule has 0 fully saturated rings. The van der Waals surface area contributed by atoms with Crippen molar-refractivity contribution in [2.45, 2.75) is 59.0 Å². The molecule has 0 aliphatic carbocycles. The van der Waals surface area contributed by atoms with Crippen molar-refractivity contribution in [3.8, 4) is 5.75 Å². The standard InChI is InChI=1S/C18H25NOS/c1-17(2,3)13-7-9-14(10-8-13)20-11-16-19-15(12-21-16)18(4,5)6/h7-10,12H,11H2,1-6H3. The summed E-state index contributed by atoms with van der Waals surface area (Å²) in [6.07, 6.45) is 0. The summed E-state index contributed by atoms with van der Waals surface area (Å²) in [5.41, 5.74) is 2.73. The van der Waals surface area contributed by atoms with Crippen LogP contribution in [0.3, 0.4) is 0 Å². The summed E-state index contributed by atoms with van der Waals surface area (Å²) >= 11 is 1.67. The average Bonchev–Trinajstić information content (AvgIpc) is 2.84. The second kappa shape index (κ2) is 5.80. The third-order valence-electron chi connectivity index (χ3n) is 3.40. The molecule has 1 aromatic heterocycles. The van der Waals surface area contributed by atoms with Gasteiger partial charge in [0, 0.05) is 10.8 Å². The number of hydrogen-bond donors (Lipinski definition) is 0. The molecule has 1 heterocycles. The highest BCUT2D eigenvalue weighted by Gasteiger charge is 2.17. The van der Waals surface area contributed by atoms with Crippen molar-refractivity contribution in [2.75, 3.05) is 0 Å². The average molecular weight is 303 g/mol. The van der Waals surface area contributed by atoms with Gasteiger partial charge in [-0.2, -0.15) is 0 Å². The van der Waals surface area contributed by atoms with Gasteiger partial charge in [-0.25, -0.2) is 4.98 Å². The van der Waals surface area contributed by atoms with Crippen LogP contribution in [0, 0.1) is 0 Å². The summed E-state index contributed by atoms with van der Waals surface area (Å²) in [5.74, 6) is 0.899. The summed E-state index contributed by atoms with van der Waals surface area (Å²) in [6.45, 7) is 13.7. The van der Waals surface area contributed by atoms with Gasteiger partial charge in [0.1, 0.15) is 17.4 Å². The molecular weight excluding hydrogens is 278 g/mol. The number of hydrogen-bond acceptors (Lipinski definition) is 3. The molecule has 0 amide bonds. The molecule has 0 atom stereocenters. The molecule has 2 nitrogen and oxygen atoms in total. The molecule has 21 heavy (non-hydrogen) atoms. The summed E-state index contributed by atoms with van der Waals surface area (Å²) in [4.78, 5) is 4.65. The van der Waals surface area contributed by atoms with Crippen LogP contribution >= 0.6 is 11.3 Å². The minimum atomic E-state index is 0.100. The van der Waals surface area contributed by atoms with E-state index < -0.39 is 0 Å². The minimum Gasteiger partial charge on any atom is -0.486 e. The van der Waals surface area contributed by atoms with Crippen LogP contribution in [0.15, 0.2) is 29.6 Å². The van der Waals surface area contributed by atoms with Gasteiger partial charge < -0.3 is 4.74 Å². The van der Waals surface area contributed by atoms with Gasteiger partial charge in [0.2, 0.25) is 0 Å². The number of thiazole rings is 1. The zero-order valence-corrected chi connectivity index (χ0v) is 14.7. The fourth-order valence-electron chi connectivity index (χ4n) is 1.92. The lowest BCUT2D eigenvalue weighted by atomic mass is 9.87. The Kier molecular flexibility index (Phi) is 4.43. The highest BCUT2D eigenvalue weighted by atomic mass is 32.1. The zero-order chi connectivity index (χ0) is 15.7. The number of aromatic nitrogens is 1. The van der Waals surface area contributed by atoms with Gasteiger partial charge in [-0.3, -0.25) is 0 Å². The third kappa shape index (κ3) is 4.31. The van der Waals surface area contributed by atoms with Gasteiger partial charge in [0.05, 0.1) is 5.69 Å². The summed E-state index contributed by atoms with van der Waals surface area (Å²) in [6, 6.07) is 8.35. The third-order valence-corrected chi connectivity index (χ3v) is 4.23. The van der Waals surface area contributed by atoms with Crippen molar-refractivity contribution in [2.24, 2.45) is 0 Å². The van der Waals surface area contributed by atoms with Crippen molar-refractivity contribution >= 4 is 11.3 Å². The van der Waals surface area contributed by atoms with E-state index >= 15 is 0 Å². The monoisotopic (exact) mass is 303 g/mol. The molecule has 1 aromatic carbocycles. The molecule has 0 spiro atoms. The van der Waals surface area contributed by atoms with Crippen LogP contribution in [-0.2, 0) is 17.4 Å². The lowest BCUT2D eigenvalue weighted by Gasteiger charge is -2.19. The molecule has 0 bridgehead atoms. The SMILES string of the molecule is CC(C)(C)c1ccc(OCc2nc(C(C)(C)C)cs2)cc1. The van der Waals surface area contributed by atoms with Crippen LogP contribution in [-0.4, -0.2) is 4.98 Å². The van der Waals surface area contributed by atoms with Crippen molar-refractivity contribution in [1.29, 1.82) is 0 Å². The molecule has 0 aliphatic rings. The highest BCUT2D eigenvalue weighted by Crippen LogP contribution is 2.26. The fourth-order valence-corrected chi connectivity index (χ4v) is 2.85. The summed E-state index contributed by atoms with van der Waals surface area (Å²) in [7, 11) is 0. The molecule has 2 rings (SSSR count). The first kappa shape index (κ1) is 16.0. The van der Waals surface area contributed by atoms with Crippen LogP contribution in [0.25, 0.3) is 0 Å². The minimum absolute atomic E-state index is 0.100. The topological polar surface area (TPSA) is 22.1 Å². The Bertz CT molecular complexity index is 585. The Morgan fingerprint density at radius 2 is 1.57 bits per heavy atom. The van der Waals surface area contributed by atoms with E-state index in [4.69, 9.17) is 4.74 Å². The van der Waals surface area contributed by atoms with E-state index in [1.165, 1.54) is 5.56 Å². The molecule has 2 aromatic rings. The zero-order valence-electron chi connectivity index (χ0n) is 13.9. The smallest absolute Gasteiger partial charge is 0.140 e. The van der Waals surface area contributed by atoms with Crippen molar-refractivity contribution in [1.82, 2.24) is 4.98 Å². The summed E-state index contributed by atoms with van der Waals surface area (Å²) in [5, 5.41) is 3.15. The van der Waals surface area contributed by atoms with Crippen molar-refractivity contribution in [3.05, 3.63) is 45.9 Å². The van der Waals surface area contributed by atoms with Gasteiger partial charge in [-0.05, 0) is 23.1 Å². The Morgan fingerprint density at radius 1 is 0.952 bits per heavy atom. The number of rotatable bonds is 3. The van der Waals surface area contributed by atoms with E-state index in [1.807, 2.05) is 12.1 Å². The molecule has 0 aliphatic heterocycles. The van der Waals surface area contributed by atoms with Crippen molar-refractivity contribution in [3.63, 3.8) is 0 Å². The molecule has 0 N–H and O–H groups in total. The van der Waals surface area contributed by atoms with Crippen LogP contribution < -0.4 is 4.74 Å². The van der Waals surface area contributed by atoms with E-state index in [2.05, 4.69) is 64.0 Å². The first-order chi connectivity index (χ1) is 9.66. The number of benzene rings is 1. The molecule has 114 valence electrons. The molecule has 0 radical (unpaired) electrons. The Morgan fingerprint density at radius 3 is 2.05 bits per heavy atom. The van der Waals surface area contributed by atoms with Crippen LogP contribution in [0.1, 0.15) is 57.8 Å². The molecule has 0 unspecified atom stereocenters. The second-order valence-corrected chi connectivity index (χ2v) is 8.38. The maximum atomic E-state index is 5.83. The van der Waals surface area contributed by atoms with Gasteiger partial charge in [-0.1, -0.05) is 53.7 Å². The molecule has 0 saturated carbocycles. The Hall–Kier alpha value is -1.35. The Balaban J connectivity index is 1.99. The van der Waals surface area contributed by atoms with Crippen LogP contribution in [0.5, 0.6) is 5.75 Å². The van der Waals surface area contributed by atoms with Gasteiger partial charge in [-0.15, -0.1) is 11.3 Å². The first-order valence-corrected chi connectivity index (χ1v) is 8.22. The molecule has 3 heteroatoms. The summed E-state index contributed by atoms with van der Waals surface area (Å²) < 4.78 is 5.83. The fraction of sp³-hybridized carbons (Fsp3) is 0.500. The van der Waals surface area contributed by atoms with E-state index in [-0.39, 0.29) is 10.8 Å². The maximum absolute atomic E-state index is 5.83. The van der Waals surface area contributed by atoms with Gasteiger partial charge in [0.25, 0.3) is 0 Å². The van der Waals surface area contributed by atoms with Gasteiger partial charge in [0.15, 0.2) is 0 Å². The number of ether oxygens (including phenoxy) is 1. The van der Waals surface area contributed by atoms with Crippen LogP contribution in [0.4, 0.5) is 0 Å². The predicted octanol–water partition coefficient (Wildman–Crippen LogP) is 5.32. The molecular formula is C18H25NOS. The predicted molar refractivity (Wildman–Crippen MR) is 90.3 cm³/mol. The van der Waals surface area contributed by atoms with E-state index in [0.717, 1.165) is 16.5 Å².